The molecule has 0 aliphatic carbocycles. The maximum Gasteiger partial charge on any atom is 0.237 e. The Labute approximate surface area is 210 Å². The van der Waals surface area contributed by atoms with Crippen LogP contribution in [0.3, 0.4) is 0 Å². The number of fused-ring (bicyclic) bond motifs is 1. The van der Waals surface area contributed by atoms with Crippen molar-refractivity contribution in [2.24, 2.45) is 0 Å². The fourth-order valence-corrected chi connectivity index (χ4v) is 5.31. The number of carbonyl (C=O) groups is 2. The zero-order valence-electron chi connectivity index (χ0n) is 20.6. The van der Waals surface area contributed by atoms with Crippen LogP contribution in [-0.2, 0) is 16.1 Å². The smallest absolute Gasteiger partial charge is 0.237 e. The fourth-order valence-electron chi connectivity index (χ4n) is 4.51. The van der Waals surface area contributed by atoms with Crippen molar-refractivity contribution in [2.45, 2.75) is 50.5 Å². The Balaban J connectivity index is 1.60. The Morgan fingerprint density at radius 2 is 1.86 bits per heavy atom. The number of carbonyl (C=O) groups excluding carboxylic acids is 2. The number of para-hydroxylation sites is 2. The van der Waals surface area contributed by atoms with Crippen molar-refractivity contribution in [1.29, 1.82) is 0 Å². The van der Waals surface area contributed by atoms with E-state index in [1.54, 1.807) is 4.90 Å². The van der Waals surface area contributed by atoms with Gasteiger partial charge in [-0.1, -0.05) is 61.2 Å². The highest BCUT2D eigenvalue weighted by molar-refractivity contribution is 7.99. The van der Waals surface area contributed by atoms with Crippen LogP contribution in [0.4, 0.5) is 11.4 Å². The molecule has 1 aliphatic heterocycles. The number of nitrogens with zero attached hydrogens (tertiary/aromatic N) is 5. The lowest BCUT2D eigenvalue weighted by molar-refractivity contribution is -0.117. The molecule has 8 nitrogen and oxygen atoms in total. The van der Waals surface area contributed by atoms with Gasteiger partial charge in [-0.25, -0.2) is 0 Å². The van der Waals surface area contributed by atoms with Gasteiger partial charge in [0.2, 0.25) is 11.8 Å². The van der Waals surface area contributed by atoms with Gasteiger partial charge in [0, 0.05) is 12.5 Å². The molecule has 0 radical (unpaired) electrons. The van der Waals surface area contributed by atoms with Crippen LogP contribution in [0, 0.1) is 0 Å². The molecule has 184 valence electrons. The second-order valence-corrected chi connectivity index (χ2v) is 9.91. The molecule has 0 spiro atoms. The summed E-state index contributed by atoms with van der Waals surface area (Å²) in [7, 11) is 4.08. The SMILES string of the molecule is CCC(c1nnc(SCC(=O)N2c3ccccc3NC(=O)CC2C)n1Cc1ccccc1)N(C)C. The number of nitrogens with one attached hydrogen (secondary N) is 1. The highest BCUT2D eigenvalue weighted by Crippen LogP contribution is 2.33. The van der Waals surface area contributed by atoms with Gasteiger partial charge >= 0.3 is 0 Å². The van der Waals surface area contributed by atoms with Gasteiger partial charge in [0.1, 0.15) is 0 Å². The van der Waals surface area contributed by atoms with E-state index in [9.17, 15) is 9.59 Å². The first-order valence-corrected chi connectivity index (χ1v) is 12.8. The van der Waals surface area contributed by atoms with Crippen LogP contribution in [0.2, 0.25) is 0 Å². The van der Waals surface area contributed by atoms with E-state index in [-0.39, 0.29) is 36.1 Å². The Bertz CT molecular complexity index is 1180. The molecule has 3 aromatic rings. The van der Waals surface area contributed by atoms with E-state index >= 15 is 0 Å². The molecule has 2 amide bonds. The zero-order chi connectivity index (χ0) is 24.9. The molecule has 2 atom stereocenters. The summed E-state index contributed by atoms with van der Waals surface area (Å²) in [6.07, 6.45) is 1.15. The molecule has 9 heteroatoms. The van der Waals surface area contributed by atoms with Gasteiger partial charge in [-0.3, -0.25) is 14.5 Å². The van der Waals surface area contributed by atoms with Crippen molar-refractivity contribution in [3.8, 4) is 0 Å². The van der Waals surface area contributed by atoms with E-state index < -0.39 is 0 Å². The molecule has 0 bridgehead atoms. The molecule has 4 rings (SSSR count). The van der Waals surface area contributed by atoms with E-state index in [1.165, 1.54) is 11.8 Å². The first-order chi connectivity index (χ1) is 16.9. The van der Waals surface area contributed by atoms with Crippen molar-refractivity contribution in [3.63, 3.8) is 0 Å². The number of rotatable bonds is 8. The summed E-state index contributed by atoms with van der Waals surface area (Å²) in [6.45, 7) is 4.67. The van der Waals surface area contributed by atoms with E-state index in [0.29, 0.717) is 17.4 Å². The summed E-state index contributed by atoms with van der Waals surface area (Å²) in [5, 5.41) is 12.6. The van der Waals surface area contributed by atoms with Crippen LogP contribution in [0.1, 0.15) is 44.1 Å². The minimum Gasteiger partial charge on any atom is -0.324 e. The van der Waals surface area contributed by atoms with Crippen LogP contribution >= 0.6 is 11.8 Å². The van der Waals surface area contributed by atoms with Gasteiger partial charge in [-0.2, -0.15) is 0 Å². The van der Waals surface area contributed by atoms with Gasteiger partial charge < -0.3 is 14.8 Å². The first-order valence-electron chi connectivity index (χ1n) is 11.9. The number of benzene rings is 2. The van der Waals surface area contributed by atoms with E-state index in [2.05, 4.69) is 44.0 Å². The third kappa shape index (κ3) is 5.57. The summed E-state index contributed by atoms with van der Waals surface area (Å²) >= 11 is 1.39. The van der Waals surface area contributed by atoms with Crippen molar-refractivity contribution in [1.82, 2.24) is 19.7 Å². The Morgan fingerprint density at radius 1 is 1.14 bits per heavy atom. The van der Waals surface area contributed by atoms with Gasteiger partial charge in [-0.15, -0.1) is 10.2 Å². The van der Waals surface area contributed by atoms with Crippen molar-refractivity contribution in [3.05, 3.63) is 66.0 Å². The first kappa shape index (κ1) is 24.9. The van der Waals surface area contributed by atoms with Crippen LogP contribution in [0.15, 0.2) is 59.8 Å². The van der Waals surface area contributed by atoms with Gasteiger partial charge in [-0.05, 0) is 45.1 Å². The summed E-state index contributed by atoms with van der Waals surface area (Å²) in [5.74, 6) is 0.925. The lowest BCUT2D eigenvalue weighted by Crippen LogP contribution is -2.40. The Kier molecular flexibility index (Phi) is 7.87. The van der Waals surface area contributed by atoms with E-state index in [1.807, 2.05) is 63.5 Å². The predicted octanol–water partition coefficient (Wildman–Crippen LogP) is 4.20. The summed E-state index contributed by atoms with van der Waals surface area (Å²) in [5.41, 5.74) is 2.53. The molecular weight excluding hydrogens is 460 g/mol. The quantitative estimate of drug-likeness (QED) is 0.475. The maximum absolute atomic E-state index is 13.5. The Morgan fingerprint density at radius 3 is 2.57 bits per heavy atom. The summed E-state index contributed by atoms with van der Waals surface area (Å²) < 4.78 is 2.12. The third-order valence-electron chi connectivity index (χ3n) is 6.19. The lowest BCUT2D eigenvalue weighted by atomic mass is 10.2. The monoisotopic (exact) mass is 492 g/mol. The predicted molar refractivity (Wildman–Crippen MR) is 140 cm³/mol. The lowest BCUT2D eigenvalue weighted by Gasteiger charge is -2.27. The third-order valence-corrected chi connectivity index (χ3v) is 7.14. The van der Waals surface area contributed by atoms with Crippen LogP contribution < -0.4 is 10.2 Å². The molecule has 0 saturated carbocycles. The number of hydrogen-bond acceptors (Lipinski definition) is 6. The van der Waals surface area contributed by atoms with Crippen molar-refractivity contribution >= 4 is 35.0 Å². The van der Waals surface area contributed by atoms with Crippen molar-refractivity contribution < 1.29 is 9.59 Å². The number of amides is 2. The molecule has 1 N–H and O–H groups in total. The molecule has 35 heavy (non-hydrogen) atoms. The topological polar surface area (TPSA) is 83.4 Å². The van der Waals surface area contributed by atoms with E-state index in [0.717, 1.165) is 23.5 Å². The minimum atomic E-state index is -0.247. The van der Waals surface area contributed by atoms with Crippen LogP contribution in [-0.4, -0.2) is 57.4 Å². The van der Waals surface area contributed by atoms with Crippen molar-refractivity contribution in [2.75, 3.05) is 30.1 Å². The molecule has 1 aromatic heterocycles. The maximum atomic E-state index is 13.5. The molecule has 1 aliphatic rings. The van der Waals surface area contributed by atoms with Gasteiger partial charge in [0.05, 0.1) is 29.7 Å². The number of aromatic nitrogens is 3. The number of hydrogen-bond donors (Lipinski definition) is 1. The number of anilines is 2. The van der Waals surface area contributed by atoms with Crippen LogP contribution in [0.25, 0.3) is 0 Å². The average Bonchev–Trinajstić information content (AvgIpc) is 3.15. The molecule has 0 saturated heterocycles. The highest BCUT2D eigenvalue weighted by atomic mass is 32.2. The zero-order valence-corrected chi connectivity index (χ0v) is 21.5. The Hall–Kier alpha value is -3.17. The fraction of sp³-hybridized carbons (Fsp3) is 0.385. The normalized spacial score (nSPS) is 16.5. The molecule has 2 aromatic carbocycles. The largest absolute Gasteiger partial charge is 0.324 e. The molecule has 2 unspecified atom stereocenters. The summed E-state index contributed by atoms with van der Waals surface area (Å²) in [6, 6.07) is 17.5. The number of thioether (sulfide) groups is 1. The molecular formula is C26H32N6O2S. The second-order valence-electron chi connectivity index (χ2n) is 8.97. The van der Waals surface area contributed by atoms with Gasteiger partial charge in [0.15, 0.2) is 11.0 Å². The minimum absolute atomic E-state index is 0.0677. The van der Waals surface area contributed by atoms with Gasteiger partial charge in [0.25, 0.3) is 0 Å². The average molecular weight is 493 g/mol. The standard InChI is InChI=1S/C26H32N6O2S/c1-5-21(30(3)4)25-28-29-26(31(25)16-19-11-7-6-8-12-19)35-17-24(34)32-18(2)15-23(33)27-20-13-9-10-14-22(20)32/h6-14,18,21H,5,15-17H2,1-4H3,(H,27,33). The highest BCUT2D eigenvalue weighted by Gasteiger charge is 2.30. The van der Waals surface area contributed by atoms with E-state index in [4.69, 9.17) is 0 Å². The molecule has 0 fully saturated rings. The second kappa shape index (κ2) is 11.0. The summed E-state index contributed by atoms with van der Waals surface area (Å²) in [4.78, 5) is 29.6. The van der Waals surface area contributed by atoms with Crippen LogP contribution in [0.5, 0.6) is 0 Å². The molecule has 2 heterocycles.